The molecule has 0 fully saturated rings. The molecule has 0 spiro atoms. The van der Waals surface area contributed by atoms with Crippen molar-refractivity contribution in [3.8, 4) is 0 Å². The molecule has 19 heavy (non-hydrogen) atoms. The van der Waals surface area contributed by atoms with E-state index in [9.17, 15) is 9.59 Å². The number of aryl methyl sites for hydroxylation is 1. The van der Waals surface area contributed by atoms with Crippen molar-refractivity contribution in [2.24, 2.45) is 7.05 Å². The van der Waals surface area contributed by atoms with Gasteiger partial charge in [-0.25, -0.2) is 9.59 Å². The summed E-state index contributed by atoms with van der Waals surface area (Å²) in [5, 5.41) is 3.05. The predicted octanol–water partition coefficient (Wildman–Crippen LogP) is 1.49. The van der Waals surface area contributed by atoms with Gasteiger partial charge in [-0.2, -0.15) is 0 Å². The Hall–Kier alpha value is -2.24. The Balaban J connectivity index is 2.31. The standard InChI is InChI=1S/C13H16N2O4/c1-4-9(12(16)18-3)14-8-5-6-10-11(7-8)19-13(17)15(10)2/h5-7,9,14H,4H2,1-3H3. The van der Waals surface area contributed by atoms with Crippen molar-refractivity contribution in [2.75, 3.05) is 12.4 Å². The van der Waals surface area contributed by atoms with Crippen LogP contribution in [0.3, 0.4) is 0 Å². The molecule has 0 aliphatic heterocycles. The fourth-order valence-electron chi connectivity index (χ4n) is 1.89. The molecule has 0 aliphatic rings. The van der Waals surface area contributed by atoms with E-state index >= 15 is 0 Å². The number of hydrogen-bond acceptors (Lipinski definition) is 5. The summed E-state index contributed by atoms with van der Waals surface area (Å²) < 4.78 is 11.2. The highest BCUT2D eigenvalue weighted by Crippen LogP contribution is 2.19. The third-order valence-electron chi connectivity index (χ3n) is 3.03. The SMILES string of the molecule is CCC(Nc1ccc2c(c1)oc(=O)n2C)C(=O)OC. The number of carbonyl (C=O) groups excluding carboxylic acids is 1. The third-order valence-corrected chi connectivity index (χ3v) is 3.03. The third kappa shape index (κ3) is 2.47. The molecule has 0 bridgehead atoms. The Bertz CT molecular complexity index is 656. The number of hydrogen-bond donors (Lipinski definition) is 1. The first-order valence-electron chi connectivity index (χ1n) is 6.00. The second-order valence-electron chi connectivity index (χ2n) is 4.24. The summed E-state index contributed by atoms with van der Waals surface area (Å²) in [6.07, 6.45) is 0.601. The zero-order valence-corrected chi connectivity index (χ0v) is 11.1. The summed E-state index contributed by atoms with van der Waals surface area (Å²) in [4.78, 5) is 22.9. The Morgan fingerprint density at radius 2 is 2.26 bits per heavy atom. The van der Waals surface area contributed by atoms with Gasteiger partial charge in [-0.1, -0.05) is 6.92 Å². The van der Waals surface area contributed by atoms with Gasteiger partial charge < -0.3 is 14.5 Å². The van der Waals surface area contributed by atoms with Gasteiger partial charge in [0.05, 0.1) is 12.6 Å². The van der Waals surface area contributed by atoms with Crippen molar-refractivity contribution in [1.82, 2.24) is 4.57 Å². The molecule has 6 nitrogen and oxygen atoms in total. The quantitative estimate of drug-likeness (QED) is 0.847. The fourth-order valence-corrected chi connectivity index (χ4v) is 1.89. The van der Waals surface area contributed by atoms with Crippen molar-refractivity contribution in [2.45, 2.75) is 19.4 Å². The van der Waals surface area contributed by atoms with E-state index in [1.165, 1.54) is 11.7 Å². The highest BCUT2D eigenvalue weighted by atomic mass is 16.5. The topological polar surface area (TPSA) is 73.5 Å². The van der Waals surface area contributed by atoms with Gasteiger partial charge in [0.2, 0.25) is 0 Å². The number of rotatable bonds is 4. The van der Waals surface area contributed by atoms with Crippen LogP contribution in [0, 0.1) is 0 Å². The Kier molecular flexibility index (Phi) is 3.59. The van der Waals surface area contributed by atoms with Crippen LogP contribution in [0.4, 0.5) is 5.69 Å². The van der Waals surface area contributed by atoms with Gasteiger partial charge in [-0.05, 0) is 18.6 Å². The minimum absolute atomic E-state index is 0.322. The average molecular weight is 264 g/mol. The summed E-state index contributed by atoms with van der Waals surface area (Å²) in [5.74, 6) is -0.732. The zero-order chi connectivity index (χ0) is 14.0. The van der Waals surface area contributed by atoms with E-state index in [0.29, 0.717) is 23.2 Å². The van der Waals surface area contributed by atoms with Crippen LogP contribution in [0.5, 0.6) is 0 Å². The number of aromatic nitrogens is 1. The maximum atomic E-state index is 11.5. The number of ether oxygens (including phenoxy) is 1. The number of fused-ring (bicyclic) bond motifs is 1. The molecular formula is C13H16N2O4. The van der Waals surface area contributed by atoms with Gasteiger partial charge in [0, 0.05) is 18.8 Å². The monoisotopic (exact) mass is 264 g/mol. The largest absolute Gasteiger partial charge is 0.467 e. The van der Waals surface area contributed by atoms with Crippen LogP contribution in [-0.4, -0.2) is 23.7 Å². The molecule has 0 saturated heterocycles. The highest BCUT2D eigenvalue weighted by Gasteiger charge is 2.17. The van der Waals surface area contributed by atoms with E-state index in [2.05, 4.69) is 5.32 Å². The number of anilines is 1. The highest BCUT2D eigenvalue weighted by molar-refractivity contribution is 5.82. The molecule has 2 aromatic rings. The van der Waals surface area contributed by atoms with E-state index in [4.69, 9.17) is 9.15 Å². The number of carbonyl (C=O) groups is 1. The smallest absolute Gasteiger partial charge is 0.419 e. The van der Waals surface area contributed by atoms with Gasteiger partial charge in [-0.3, -0.25) is 4.57 Å². The molecule has 1 N–H and O–H groups in total. The van der Waals surface area contributed by atoms with E-state index in [1.54, 1.807) is 25.2 Å². The van der Waals surface area contributed by atoms with Crippen LogP contribution in [0.1, 0.15) is 13.3 Å². The molecule has 6 heteroatoms. The Labute approximate surface area is 110 Å². The predicted molar refractivity (Wildman–Crippen MR) is 71.2 cm³/mol. The molecule has 1 aromatic carbocycles. The lowest BCUT2D eigenvalue weighted by atomic mass is 10.2. The van der Waals surface area contributed by atoms with Crippen molar-refractivity contribution in [1.29, 1.82) is 0 Å². The lowest BCUT2D eigenvalue weighted by molar-refractivity contribution is -0.141. The van der Waals surface area contributed by atoms with E-state index in [-0.39, 0.29) is 5.97 Å². The van der Waals surface area contributed by atoms with Crippen molar-refractivity contribution >= 4 is 22.8 Å². The first kappa shape index (κ1) is 13.2. The zero-order valence-electron chi connectivity index (χ0n) is 11.1. The summed E-state index contributed by atoms with van der Waals surface area (Å²) >= 11 is 0. The van der Waals surface area contributed by atoms with Crippen LogP contribution in [0.2, 0.25) is 0 Å². The van der Waals surface area contributed by atoms with Crippen LogP contribution < -0.4 is 11.1 Å². The number of methoxy groups -OCH3 is 1. The van der Waals surface area contributed by atoms with Crippen LogP contribution in [-0.2, 0) is 16.6 Å². The summed E-state index contributed by atoms with van der Waals surface area (Å²) in [6.45, 7) is 1.88. The molecule has 102 valence electrons. The molecule has 0 saturated carbocycles. The van der Waals surface area contributed by atoms with Crippen molar-refractivity contribution < 1.29 is 13.9 Å². The second-order valence-corrected chi connectivity index (χ2v) is 4.24. The van der Waals surface area contributed by atoms with Gasteiger partial charge in [0.15, 0.2) is 5.58 Å². The summed E-state index contributed by atoms with van der Waals surface area (Å²) in [5.41, 5.74) is 1.90. The van der Waals surface area contributed by atoms with Gasteiger partial charge in [0.1, 0.15) is 6.04 Å². The van der Waals surface area contributed by atoms with Crippen LogP contribution in [0.15, 0.2) is 27.4 Å². The first-order valence-corrected chi connectivity index (χ1v) is 6.00. The number of benzene rings is 1. The number of esters is 1. The molecule has 2 rings (SSSR count). The molecular weight excluding hydrogens is 248 g/mol. The molecule has 1 heterocycles. The summed E-state index contributed by atoms with van der Waals surface area (Å²) in [7, 11) is 3.00. The molecule has 0 aliphatic carbocycles. The Morgan fingerprint density at radius 1 is 1.53 bits per heavy atom. The maximum Gasteiger partial charge on any atom is 0.419 e. The van der Waals surface area contributed by atoms with Gasteiger partial charge >= 0.3 is 11.7 Å². The minimum atomic E-state index is -0.419. The van der Waals surface area contributed by atoms with E-state index in [0.717, 1.165) is 0 Å². The summed E-state index contributed by atoms with van der Waals surface area (Å²) in [6, 6.07) is 4.84. The van der Waals surface area contributed by atoms with Crippen molar-refractivity contribution in [3.05, 3.63) is 28.7 Å². The van der Waals surface area contributed by atoms with Gasteiger partial charge in [-0.15, -0.1) is 0 Å². The Morgan fingerprint density at radius 3 is 2.89 bits per heavy atom. The lowest BCUT2D eigenvalue weighted by Crippen LogP contribution is -2.29. The molecule has 0 amide bonds. The average Bonchev–Trinajstić information content (AvgIpc) is 2.70. The minimum Gasteiger partial charge on any atom is -0.467 e. The molecule has 1 atom stereocenters. The van der Waals surface area contributed by atoms with Crippen molar-refractivity contribution in [3.63, 3.8) is 0 Å². The number of oxazole rings is 1. The van der Waals surface area contributed by atoms with Gasteiger partial charge in [0.25, 0.3) is 0 Å². The first-order chi connectivity index (χ1) is 9.06. The number of nitrogens with one attached hydrogen (secondary N) is 1. The molecule has 1 unspecified atom stereocenters. The second kappa shape index (κ2) is 5.17. The number of nitrogens with zero attached hydrogens (tertiary/aromatic N) is 1. The fraction of sp³-hybridized carbons (Fsp3) is 0.385. The van der Waals surface area contributed by atoms with E-state index in [1.807, 2.05) is 6.92 Å². The lowest BCUT2D eigenvalue weighted by Gasteiger charge is -2.15. The molecule has 0 radical (unpaired) electrons. The van der Waals surface area contributed by atoms with Crippen LogP contribution >= 0.6 is 0 Å². The van der Waals surface area contributed by atoms with Crippen LogP contribution in [0.25, 0.3) is 11.1 Å². The molecule has 1 aromatic heterocycles. The normalized spacial score (nSPS) is 12.4. The maximum absolute atomic E-state index is 11.5. The van der Waals surface area contributed by atoms with E-state index < -0.39 is 11.8 Å².